The first-order valence-electron chi connectivity index (χ1n) is 7.24. The van der Waals surface area contributed by atoms with Crippen LogP contribution in [0, 0.1) is 0 Å². The maximum Gasteiger partial charge on any atom is 0.315 e. The van der Waals surface area contributed by atoms with Crippen molar-refractivity contribution in [2.24, 2.45) is 0 Å². The molecule has 2 aromatic rings. The lowest BCUT2D eigenvalue weighted by molar-refractivity contribution is 0.237. The van der Waals surface area contributed by atoms with Gasteiger partial charge in [0.1, 0.15) is 6.33 Å². The van der Waals surface area contributed by atoms with Crippen LogP contribution in [-0.4, -0.2) is 26.8 Å². The van der Waals surface area contributed by atoms with Crippen LogP contribution in [-0.2, 0) is 19.5 Å². The first-order chi connectivity index (χ1) is 10.6. The molecule has 1 atom stereocenters. The smallest absolute Gasteiger partial charge is 0.315 e. The summed E-state index contributed by atoms with van der Waals surface area (Å²) in [4.78, 5) is 11.9. The summed E-state index contributed by atoms with van der Waals surface area (Å²) in [6.45, 7) is 5.08. The fourth-order valence-corrected chi connectivity index (χ4v) is 2.40. The lowest BCUT2D eigenvalue weighted by Crippen LogP contribution is -2.41. The van der Waals surface area contributed by atoms with E-state index in [2.05, 4.69) is 20.8 Å². The van der Waals surface area contributed by atoms with E-state index >= 15 is 0 Å². The summed E-state index contributed by atoms with van der Waals surface area (Å²) in [7, 11) is 0. The van der Waals surface area contributed by atoms with Gasteiger partial charge in [0.2, 0.25) is 0 Å². The van der Waals surface area contributed by atoms with Crippen molar-refractivity contribution in [3.8, 4) is 0 Å². The van der Waals surface area contributed by atoms with Gasteiger partial charge in [0, 0.05) is 17.6 Å². The molecule has 1 aromatic heterocycles. The van der Waals surface area contributed by atoms with Gasteiger partial charge in [-0.15, -0.1) is 10.2 Å². The largest absolute Gasteiger partial charge is 0.335 e. The van der Waals surface area contributed by atoms with E-state index in [1.807, 2.05) is 42.7 Å². The highest BCUT2D eigenvalue weighted by atomic mass is 35.5. The number of hydrogen-bond donors (Lipinski definition) is 2. The monoisotopic (exact) mass is 321 g/mol. The van der Waals surface area contributed by atoms with Crippen LogP contribution in [0.15, 0.2) is 30.6 Å². The van der Waals surface area contributed by atoms with Gasteiger partial charge in [-0.2, -0.15) is 0 Å². The minimum atomic E-state index is -0.222. The summed E-state index contributed by atoms with van der Waals surface area (Å²) in [6.07, 6.45) is 2.37. The van der Waals surface area contributed by atoms with E-state index in [-0.39, 0.29) is 12.1 Å². The summed E-state index contributed by atoms with van der Waals surface area (Å²) < 4.78 is 1.88. The minimum Gasteiger partial charge on any atom is -0.335 e. The third kappa shape index (κ3) is 4.73. The predicted octanol–water partition coefficient (Wildman–Crippen LogP) is 2.38. The van der Waals surface area contributed by atoms with Crippen LogP contribution < -0.4 is 10.6 Å². The fraction of sp³-hybridized carbons (Fsp3) is 0.400. The number of aromatic nitrogens is 3. The minimum absolute atomic E-state index is 0.00233. The molecule has 22 heavy (non-hydrogen) atoms. The normalized spacial score (nSPS) is 12.0. The Kier molecular flexibility index (Phi) is 5.77. The Labute approximate surface area is 134 Å². The van der Waals surface area contributed by atoms with Gasteiger partial charge in [-0.05, 0) is 38.0 Å². The molecule has 0 radical (unpaired) electrons. The summed E-state index contributed by atoms with van der Waals surface area (Å²) in [5.41, 5.74) is 1.09. The van der Waals surface area contributed by atoms with Crippen molar-refractivity contribution < 1.29 is 4.79 Å². The first kappa shape index (κ1) is 16.3. The van der Waals surface area contributed by atoms with Crippen LogP contribution in [0.1, 0.15) is 25.2 Å². The Balaban J connectivity index is 1.79. The van der Waals surface area contributed by atoms with Crippen LogP contribution in [0.2, 0.25) is 5.02 Å². The van der Waals surface area contributed by atoms with Gasteiger partial charge in [-0.3, -0.25) is 0 Å². The molecule has 118 valence electrons. The van der Waals surface area contributed by atoms with Gasteiger partial charge in [-0.1, -0.05) is 23.7 Å². The number of hydrogen-bond acceptors (Lipinski definition) is 3. The van der Waals surface area contributed by atoms with Crippen molar-refractivity contribution in [2.75, 3.05) is 0 Å². The average molecular weight is 322 g/mol. The van der Waals surface area contributed by atoms with Crippen molar-refractivity contribution in [1.29, 1.82) is 0 Å². The first-order valence-corrected chi connectivity index (χ1v) is 7.61. The standard InChI is InChI=1S/C15H20ClN5O/c1-3-21-10-18-20-14(21)9-17-15(22)19-11(2)7-12-5-4-6-13(16)8-12/h4-6,8,10-11H,3,7,9H2,1-2H3,(H2,17,19,22)/t11-/m1/s1. The Morgan fingerprint density at radius 3 is 3.00 bits per heavy atom. The van der Waals surface area contributed by atoms with Crippen molar-refractivity contribution in [1.82, 2.24) is 25.4 Å². The molecule has 2 rings (SSSR count). The van der Waals surface area contributed by atoms with E-state index in [1.165, 1.54) is 0 Å². The summed E-state index contributed by atoms with van der Waals surface area (Å²) >= 11 is 5.95. The molecule has 0 fully saturated rings. The van der Waals surface area contributed by atoms with E-state index in [9.17, 15) is 4.79 Å². The topological polar surface area (TPSA) is 71.8 Å². The molecule has 6 nitrogen and oxygen atoms in total. The summed E-state index contributed by atoms with van der Waals surface area (Å²) in [6, 6.07) is 7.41. The zero-order valence-electron chi connectivity index (χ0n) is 12.7. The van der Waals surface area contributed by atoms with E-state index in [0.717, 1.165) is 24.4 Å². The maximum atomic E-state index is 11.9. The summed E-state index contributed by atoms with van der Waals surface area (Å²) in [5, 5.41) is 14.2. The third-order valence-electron chi connectivity index (χ3n) is 3.25. The van der Waals surface area contributed by atoms with Crippen LogP contribution >= 0.6 is 11.6 Å². The van der Waals surface area contributed by atoms with E-state index in [0.29, 0.717) is 11.6 Å². The molecule has 0 aliphatic rings. The number of urea groups is 1. The highest BCUT2D eigenvalue weighted by Gasteiger charge is 2.09. The van der Waals surface area contributed by atoms with Gasteiger partial charge >= 0.3 is 6.03 Å². The average Bonchev–Trinajstić information content (AvgIpc) is 2.92. The number of carbonyl (C=O) groups is 1. The van der Waals surface area contributed by atoms with Crippen LogP contribution in [0.4, 0.5) is 4.79 Å². The molecule has 0 saturated carbocycles. The lowest BCUT2D eigenvalue weighted by Gasteiger charge is -2.15. The third-order valence-corrected chi connectivity index (χ3v) is 3.49. The zero-order chi connectivity index (χ0) is 15.9. The molecule has 7 heteroatoms. The van der Waals surface area contributed by atoms with Crippen molar-refractivity contribution in [2.45, 2.75) is 39.4 Å². The molecule has 1 heterocycles. The Morgan fingerprint density at radius 1 is 1.45 bits per heavy atom. The number of aryl methyl sites for hydroxylation is 1. The van der Waals surface area contributed by atoms with Crippen molar-refractivity contribution in [3.63, 3.8) is 0 Å². The Hall–Kier alpha value is -2.08. The SMILES string of the molecule is CCn1cnnc1CNC(=O)N[C@H](C)Cc1cccc(Cl)c1. The second-order valence-electron chi connectivity index (χ2n) is 5.10. The van der Waals surface area contributed by atoms with Gasteiger partial charge in [-0.25, -0.2) is 4.79 Å². The highest BCUT2D eigenvalue weighted by Crippen LogP contribution is 2.12. The van der Waals surface area contributed by atoms with E-state index < -0.39 is 0 Å². The number of benzene rings is 1. The molecule has 0 aliphatic heterocycles. The number of halogens is 1. The quantitative estimate of drug-likeness (QED) is 0.858. The maximum absolute atomic E-state index is 11.9. The van der Waals surface area contributed by atoms with Crippen LogP contribution in [0.25, 0.3) is 0 Å². The second kappa shape index (κ2) is 7.79. The van der Waals surface area contributed by atoms with E-state index in [1.54, 1.807) is 6.33 Å². The highest BCUT2D eigenvalue weighted by molar-refractivity contribution is 6.30. The molecular formula is C15H20ClN5O. The number of carbonyl (C=O) groups excluding carboxylic acids is 1. The zero-order valence-corrected chi connectivity index (χ0v) is 13.5. The molecule has 2 amide bonds. The van der Waals surface area contributed by atoms with Gasteiger partial charge in [0.05, 0.1) is 6.54 Å². The molecule has 1 aromatic carbocycles. The molecule has 0 aliphatic carbocycles. The van der Waals surface area contributed by atoms with Gasteiger partial charge < -0.3 is 15.2 Å². The van der Waals surface area contributed by atoms with Crippen LogP contribution in [0.5, 0.6) is 0 Å². The molecule has 0 saturated heterocycles. The van der Waals surface area contributed by atoms with Gasteiger partial charge in [0.15, 0.2) is 5.82 Å². The van der Waals surface area contributed by atoms with Gasteiger partial charge in [0.25, 0.3) is 0 Å². The van der Waals surface area contributed by atoms with Crippen LogP contribution in [0.3, 0.4) is 0 Å². The predicted molar refractivity (Wildman–Crippen MR) is 85.7 cm³/mol. The second-order valence-corrected chi connectivity index (χ2v) is 5.53. The number of nitrogens with zero attached hydrogens (tertiary/aromatic N) is 3. The summed E-state index contributed by atoms with van der Waals surface area (Å²) in [5.74, 6) is 0.736. The van der Waals surface area contributed by atoms with Crippen molar-refractivity contribution >= 4 is 17.6 Å². The molecule has 2 N–H and O–H groups in total. The molecule has 0 spiro atoms. The number of nitrogens with one attached hydrogen (secondary N) is 2. The van der Waals surface area contributed by atoms with Crippen molar-refractivity contribution in [3.05, 3.63) is 47.0 Å². The Morgan fingerprint density at radius 2 is 2.27 bits per heavy atom. The molecular weight excluding hydrogens is 302 g/mol. The number of rotatable bonds is 6. The Bertz CT molecular complexity index is 628. The van der Waals surface area contributed by atoms with E-state index in [4.69, 9.17) is 11.6 Å². The lowest BCUT2D eigenvalue weighted by atomic mass is 10.1. The number of amides is 2. The molecule has 0 bridgehead atoms. The fourth-order valence-electron chi connectivity index (χ4n) is 2.18. The molecule has 0 unspecified atom stereocenters.